The van der Waals surface area contributed by atoms with Gasteiger partial charge in [0, 0.05) is 0 Å². The summed E-state index contributed by atoms with van der Waals surface area (Å²) in [6, 6.07) is 0. The van der Waals surface area contributed by atoms with E-state index < -0.39 is 0 Å². The van der Waals surface area contributed by atoms with E-state index in [0.717, 1.165) is 17.4 Å². The van der Waals surface area contributed by atoms with Gasteiger partial charge in [0.05, 0.1) is 0 Å². The fourth-order valence-corrected chi connectivity index (χ4v) is 0. The second kappa shape index (κ2) is 122. The van der Waals surface area contributed by atoms with Gasteiger partial charge in [-0.1, -0.05) is 0 Å². The molecule has 0 fully saturated rings. The predicted octanol–water partition coefficient (Wildman–Crippen LogP) is 0.0714. The van der Waals surface area contributed by atoms with E-state index >= 15 is 0 Å². The molecule has 3 nitrogen and oxygen atoms in total. The van der Waals surface area contributed by atoms with Gasteiger partial charge in [0.1, 0.15) is 0 Å². The van der Waals surface area contributed by atoms with E-state index in [0.29, 0.717) is 0 Å². The molecular weight excluding hydrogens is 119 g/mol. The van der Waals surface area contributed by atoms with E-state index in [-0.39, 0.29) is 0 Å². The van der Waals surface area contributed by atoms with Gasteiger partial charge < -0.3 is 23.7 Å². The van der Waals surface area contributed by atoms with Crippen molar-refractivity contribution in [3.63, 3.8) is 0 Å². The van der Waals surface area contributed by atoms with Crippen LogP contribution < -0.4 is 0 Å². The van der Waals surface area contributed by atoms with Crippen LogP contribution in [0, 0.1) is 23.7 Å². The van der Waals surface area contributed by atoms with Gasteiger partial charge in [0.15, 0.2) is 0 Å². The van der Waals surface area contributed by atoms with E-state index in [1.54, 1.807) is 0 Å². The van der Waals surface area contributed by atoms with Crippen LogP contribution in [0.5, 0.6) is 0 Å². The average Bonchev–Trinajstić information content (AvgIpc) is 1.81. The first-order chi connectivity index (χ1) is 3.00. The average molecular weight is 119 g/mol. The summed E-state index contributed by atoms with van der Waals surface area (Å²) in [6.07, 6.45) is 0. The van der Waals surface area contributed by atoms with Crippen LogP contribution in [0.25, 0.3) is 0 Å². The van der Waals surface area contributed by atoms with Gasteiger partial charge in [-0.25, -0.2) is 0 Å². The van der Waals surface area contributed by atoms with Gasteiger partial charge in [0.2, 0.25) is 0 Å². The Balaban J connectivity index is -0.0000000225. The van der Waals surface area contributed by atoms with E-state index in [4.69, 9.17) is 27.3 Å². The molecule has 0 saturated carbocycles. The molecule has 0 radical (unpaired) electrons. The zero-order valence-electron chi connectivity index (χ0n) is 2.75. The van der Waals surface area contributed by atoms with Crippen LogP contribution in [0.15, 0.2) is 0 Å². The number of rotatable bonds is 0. The Kier molecular flexibility index (Phi) is 373. The molecule has 29 valence electrons. The van der Waals surface area contributed by atoms with Crippen LogP contribution in [-0.4, -0.2) is 0 Å². The zero-order chi connectivity index (χ0) is 6.00. The number of nitrogens with zero attached hydrogens (tertiary/aromatic N) is 2. The van der Waals surface area contributed by atoms with Crippen molar-refractivity contribution in [3.8, 4) is 0 Å². The Morgan fingerprint density at radius 3 is 1.00 bits per heavy atom. The molecule has 6 heavy (non-hydrogen) atoms. The van der Waals surface area contributed by atoms with Crippen LogP contribution in [0.1, 0.15) is 0 Å². The Morgan fingerprint density at radius 1 is 1.00 bits per heavy atom. The van der Waals surface area contributed by atoms with E-state index in [1.165, 1.54) is 0 Å². The van der Waals surface area contributed by atoms with Gasteiger partial charge in [-0.2, -0.15) is 0 Å². The topological polar surface area (TPSA) is 64.7 Å². The molecule has 0 atom stereocenters. The third kappa shape index (κ3) is 46.6. The van der Waals surface area contributed by atoms with Crippen molar-refractivity contribution in [1.82, 2.24) is 0 Å². The third-order valence-electron chi connectivity index (χ3n) is 0. The molecule has 0 saturated heterocycles. The molecule has 0 aliphatic heterocycles. The van der Waals surface area contributed by atoms with Crippen molar-refractivity contribution in [2.45, 2.75) is 0 Å². The van der Waals surface area contributed by atoms with Crippen molar-refractivity contribution in [1.29, 1.82) is 10.5 Å². The Labute approximate surface area is 45.4 Å². The number of hydrogen-bond donors (Lipinski definition) is 0. The molecule has 0 N–H and O–H groups in total. The summed E-state index contributed by atoms with van der Waals surface area (Å²) in [7, 11) is 0. The van der Waals surface area contributed by atoms with Gasteiger partial charge in [-0.15, -0.1) is 0 Å². The monoisotopic (exact) mass is 119 g/mol. The first-order valence-electron chi connectivity index (χ1n) is 0.630. The summed E-state index contributed by atoms with van der Waals surface area (Å²) in [5.41, 5.74) is 0. The molecule has 0 unspecified atom stereocenters. The van der Waals surface area contributed by atoms with Crippen LogP contribution in [0.2, 0.25) is 0 Å². The zero-order valence-corrected chi connectivity index (χ0v) is 4.15. The molecule has 4 heteroatoms. The predicted molar refractivity (Wildman–Crippen MR) is 10.6 cm³/mol. The van der Waals surface area contributed by atoms with Crippen molar-refractivity contribution in [2.24, 2.45) is 0 Å². The summed E-state index contributed by atoms with van der Waals surface area (Å²) >= 11 is 1.06. The van der Waals surface area contributed by atoms with Gasteiger partial charge in [-0.05, 0) is 0 Å². The third-order valence-corrected chi connectivity index (χ3v) is 0. The van der Waals surface area contributed by atoms with E-state index in [1.807, 2.05) is 0 Å². The summed E-state index contributed by atoms with van der Waals surface area (Å²) in [5.74, 6) is 0. The Bertz CT molecular complexity index is 35.3. The Morgan fingerprint density at radius 2 is 1.00 bits per heavy atom. The standard InChI is InChI=1S/2CN.O.V/c2*1-2;;/q2*-1;;+2. The SMILES string of the molecule is [C-]#N.[C-]#N.[O]=[V+2]. The van der Waals surface area contributed by atoms with E-state index in [2.05, 4.69) is 0 Å². The molecule has 0 aromatic carbocycles. The fraction of sp³-hybridized carbons (Fsp3) is 0. The van der Waals surface area contributed by atoms with Crippen LogP contribution in [0.4, 0.5) is 0 Å². The van der Waals surface area contributed by atoms with Crippen LogP contribution >= 0.6 is 0 Å². The molecular formula is C2N2OV. The van der Waals surface area contributed by atoms with Crippen molar-refractivity contribution >= 4 is 0 Å². The minimum atomic E-state index is 1.06. The van der Waals surface area contributed by atoms with Gasteiger partial charge in [0.25, 0.3) is 0 Å². The maximum absolute atomic E-state index is 8.19. The molecule has 0 aliphatic carbocycles. The van der Waals surface area contributed by atoms with Crippen molar-refractivity contribution in [2.75, 3.05) is 0 Å². The quantitative estimate of drug-likeness (QED) is 0.424. The maximum atomic E-state index is 8.19. The normalized spacial score (nSPS) is 1.67. The second-order valence-electron chi connectivity index (χ2n) is 0. The van der Waals surface area contributed by atoms with Crippen molar-refractivity contribution in [3.05, 3.63) is 13.1 Å². The first-order valence-corrected chi connectivity index (χ1v) is 1.20. The molecule has 0 aromatic heterocycles. The second-order valence-corrected chi connectivity index (χ2v) is 0. The summed E-state index contributed by atoms with van der Waals surface area (Å²) in [4.78, 5) is 0. The summed E-state index contributed by atoms with van der Waals surface area (Å²) in [6.45, 7) is 9.50. The molecule has 0 heterocycles. The summed E-state index contributed by atoms with van der Waals surface area (Å²) < 4.78 is 8.19. The Hall–Kier alpha value is -0.636. The summed E-state index contributed by atoms with van der Waals surface area (Å²) in [5, 5.41) is 12.5. The number of hydrogen-bond acceptors (Lipinski definition) is 3. The molecule has 0 aromatic rings. The van der Waals surface area contributed by atoms with E-state index in [9.17, 15) is 0 Å². The minimum absolute atomic E-state index is 1.06. The van der Waals surface area contributed by atoms with Gasteiger partial charge in [-0.3, -0.25) is 0 Å². The van der Waals surface area contributed by atoms with Crippen molar-refractivity contribution < 1.29 is 21.0 Å². The molecule has 0 rings (SSSR count). The van der Waals surface area contributed by atoms with Crippen LogP contribution in [-0.2, 0) is 21.0 Å². The molecule has 0 aliphatic rings. The first kappa shape index (κ1) is 18.3. The van der Waals surface area contributed by atoms with Crippen LogP contribution in [0.3, 0.4) is 0 Å². The fourth-order valence-electron chi connectivity index (χ4n) is 0. The van der Waals surface area contributed by atoms with Gasteiger partial charge >= 0.3 is 21.0 Å². The molecule has 0 bridgehead atoms. The molecule has 0 amide bonds. The molecule has 0 spiro atoms.